The lowest BCUT2D eigenvalue weighted by Gasteiger charge is -2.04. The lowest BCUT2D eigenvalue weighted by atomic mass is 10.1. The number of benzene rings is 1. The molecule has 1 aliphatic heterocycles. The normalized spacial score (nSPS) is 20.8. The van der Waals surface area contributed by atoms with Crippen molar-refractivity contribution in [3.05, 3.63) is 40.3 Å². The molecule has 1 saturated carbocycles. The minimum Gasteiger partial charge on any atom is -0.507 e. The highest BCUT2D eigenvalue weighted by molar-refractivity contribution is 8.18. The summed E-state index contributed by atoms with van der Waals surface area (Å²) in [7, 11) is 1.23. The summed E-state index contributed by atoms with van der Waals surface area (Å²) < 4.78 is 4.48. The van der Waals surface area contributed by atoms with Gasteiger partial charge in [0, 0.05) is 11.6 Å². The number of para-hydroxylation sites is 1. The standard InChI is InChI=1S/C16H15N3O4S/c1-23-13(20)7-12-15(22)18-16(24-12)19-17-8-10-3-2-4-11(14(10)21)9-5-6-9/h2-4,7-9,21H,5-6H2,1H3,(H,18,19,22)/b12-7+,17-8?. The van der Waals surface area contributed by atoms with Crippen LogP contribution in [-0.2, 0) is 14.3 Å². The van der Waals surface area contributed by atoms with E-state index in [-0.39, 0.29) is 15.8 Å². The Morgan fingerprint density at radius 2 is 2.25 bits per heavy atom. The molecule has 0 unspecified atom stereocenters. The molecule has 0 aromatic heterocycles. The van der Waals surface area contributed by atoms with Crippen molar-refractivity contribution in [1.29, 1.82) is 0 Å². The summed E-state index contributed by atoms with van der Waals surface area (Å²) >= 11 is 0.993. The molecule has 1 amide bonds. The Kier molecular flexibility index (Phi) is 4.66. The highest BCUT2D eigenvalue weighted by Gasteiger charge is 2.27. The first-order chi connectivity index (χ1) is 11.6. The Morgan fingerprint density at radius 1 is 1.46 bits per heavy atom. The van der Waals surface area contributed by atoms with Gasteiger partial charge in [-0.2, -0.15) is 5.10 Å². The van der Waals surface area contributed by atoms with Crippen molar-refractivity contribution in [3.63, 3.8) is 0 Å². The van der Waals surface area contributed by atoms with Crippen LogP contribution < -0.4 is 5.32 Å². The van der Waals surface area contributed by atoms with Gasteiger partial charge in [0.2, 0.25) is 0 Å². The lowest BCUT2D eigenvalue weighted by molar-refractivity contribution is -0.135. The van der Waals surface area contributed by atoms with E-state index in [1.807, 2.05) is 12.1 Å². The fourth-order valence-electron chi connectivity index (χ4n) is 2.19. The van der Waals surface area contributed by atoms with E-state index in [4.69, 9.17) is 0 Å². The largest absolute Gasteiger partial charge is 0.507 e. The van der Waals surface area contributed by atoms with Crippen LogP contribution >= 0.6 is 11.8 Å². The van der Waals surface area contributed by atoms with Crippen molar-refractivity contribution in [2.75, 3.05) is 7.11 Å². The third-order valence-corrected chi connectivity index (χ3v) is 4.46. The molecule has 1 saturated heterocycles. The first kappa shape index (κ1) is 16.3. The van der Waals surface area contributed by atoms with Gasteiger partial charge in [-0.1, -0.05) is 12.1 Å². The van der Waals surface area contributed by atoms with Gasteiger partial charge in [-0.3, -0.25) is 10.1 Å². The zero-order valence-corrected chi connectivity index (χ0v) is 13.7. The Bertz CT molecular complexity index is 782. The van der Waals surface area contributed by atoms with Crippen LogP contribution in [0, 0.1) is 0 Å². The fourth-order valence-corrected chi connectivity index (χ4v) is 2.93. The van der Waals surface area contributed by atoms with E-state index in [2.05, 4.69) is 20.3 Å². The molecule has 8 heteroatoms. The molecule has 24 heavy (non-hydrogen) atoms. The summed E-state index contributed by atoms with van der Waals surface area (Å²) in [5, 5.41) is 20.8. The van der Waals surface area contributed by atoms with Crippen LogP contribution in [0.15, 0.2) is 39.4 Å². The van der Waals surface area contributed by atoms with Crippen LogP contribution in [0.3, 0.4) is 0 Å². The minimum absolute atomic E-state index is 0.189. The van der Waals surface area contributed by atoms with Crippen LogP contribution in [0.4, 0.5) is 0 Å². The van der Waals surface area contributed by atoms with Crippen molar-refractivity contribution < 1.29 is 19.4 Å². The Balaban J connectivity index is 1.71. The zero-order valence-electron chi connectivity index (χ0n) is 12.9. The zero-order chi connectivity index (χ0) is 17.1. The number of rotatable bonds is 4. The van der Waals surface area contributed by atoms with Crippen LogP contribution in [-0.4, -0.2) is 35.5 Å². The van der Waals surface area contributed by atoms with Gasteiger partial charge in [-0.05, 0) is 42.2 Å². The van der Waals surface area contributed by atoms with Crippen molar-refractivity contribution >= 4 is 35.0 Å². The quantitative estimate of drug-likeness (QED) is 0.376. The number of hydrogen-bond acceptors (Lipinski definition) is 7. The van der Waals surface area contributed by atoms with Crippen molar-refractivity contribution in [3.8, 4) is 5.75 Å². The van der Waals surface area contributed by atoms with Gasteiger partial charge in [0.25, 0.3) is 5.91 Å². The predicted molar refractivity (Wildman–Crippen MR) is 90.9 cm³/mol. The molecule has 0 radical (unpaired) electrons. The second-order valence-corrected chi connectivity index (χ2v) is 6.33. The van der Waals surface area contributed by atoms with E-state index >= 15 is 0 Å². The van der Waals surface area contributed by atoms with Gasteiger partial charge in [0.05, 0.1) is 18.2 Å². The average molecular weight is 345 g/mol. The average Bonchev–Trinajstić information content (AvgIpc) is 3.34. The summed E-state index contributed by atoms with van der Waals surface area (Å²) in [6.07, 6.45) is 4.71. The third kappa shape index (κ3) is 3.65. The van der Waals surface area contributed by atoms with E-state index in [9.17, 15) is 14.7 Å². The lowest BCUT2D eigenvalue weighted by Crippen LogP contribution is -2.19. The number of thioether (sulfide) groups is 1. The molecule has 1 aromatic carbocycles. The predicted octanol–water partition coefficient (Wildman–Crippen LogP) is 1.88. The van der Waals surface area contributed by atoms with Gasteiger partial charge in [0.1, 0.15) is 5.75 Å². The molecule has 2 N–H and O–H groups in total. The van der Waals surface area contributed by atoms with Gasteiger partial charge >= 0.3 is 5.97 Å². The molecular weight excluding hydrogens is 330 g/mol. The van der Waals surface area contributed by atoms with Crippen molar-refractivity contribution in [2.45, 2.75) is 18.8 Å². The molecule has 0 spiro atoms. The second kappa shape index (κ2) is 6.88. The monoisotopic (exact) mass is 345 g/mol. The summed E-state index contributed by atoms with van der Waals surface area (Å²) in [5.74, 6) is -0.393. The Morgan fingerprint density at radius 3 is 2.96 bits per heavy atom. The fraction of sp³-hybridized carbons (Fsp3) is 0.250. The number of amidine groups is 1. The van der Waals surface area contributed by atoms with E-state index in [0.717, 1.165) is 36.2 Å². The summed E-state index contributed by atoms with van der Waals surface area (Å²) in [6.45, 7) is 0. The van der Waals surface area contributed by atoms with Gasteiger partial charge < -0.3 is 9.84 Å². The molecular formula is C16H15N3O4S. The van der Waals surface area contributed by atoms with Crippen LogP contribution in [0.5, 0.6) is 5.75 Å². The number of methoxy groups -OCH3 is 1. The molecule has 3 rings (SSSR count). The van der Waals surface area contributed by atoms with Crippen LogP contribution in [0.25, 0.3) is 0 Å². The number of nitrogens with zero attached hydrogens (tertiary/aromatic N) is 2. The number of ether oxygens (including phenoxy) is 1. The molecule has 2 fully saturated rings. The molecule has 2 aliphatic rings. The first-order valence-electron chi connectivity index (χ1n) is 7.30. The smallest absolute Gasteiger partial charge is 0.331 e. The van der Waals surface area contributed by atoms with E-state index in [1.165, 1.54) is 13.3 Å². The van der Waals surface area contributed by atoms with E-state index < -0.39 is 11.9 Å². The number of amides is 1. The minimum atomic E-state index is -0.612. The van der Waals surface area contributed by atoms with Crippen molar-refractivity contribution in [2.24, 2.45) is 10.2 Å². The second-order valence-electron chi connectivity index (χ2n) is 5.30. The number of hydrogen-bond donors (Lipinski definition) is 2. The highest BCUT2D eigenvalue weighted by Crippen LogP contribution is 2.44. The number of phenolic OH excluding ortho intramolecular Hbond substituents is 1. The van der Waals surface area contributed by atoms with Crippen molar-refractivity contribution in [1.82, 2.24) is 5.32 Å². The Labute approximate surface area is 142 Å². The summed E-state index contributed by atoms with van der Waals surface area (Å²) in [5.41, 5.74) is 1.50. The third-order valence-electron chi connectivity index (χ3n) is 3.56. The highest BCUT2D eigenvalue weighted by atomic mass is 32.2. The van der Waals surface area contributed by atoms with Gasteiger partial charge in [0.15, 0.2) is 5.17 Å². The van der Waals surface area contributed by atoms with Crippen LogP contribution in [0.1, 0.15) is 29.9 Å². The maximum Gasteiger partial charge on any atom is 0.331 e. The van der Waals surface area contributed by atoms with E-state index in [0.29, 0.717) is 11.5 Å². The van der Waals surface area contributed by atoms with E-state index in [1.54, 1.807) is 6.07 Å². The number of carbonyl (C=O) groups is 2. The molecule has 1 heterocycles. The summed E-state index contributed by atoms with van der Waals surface area (Å²) in [6, 6.07) is 5.52. The number of phenols is 1. The molecule has 1 aromatic rings. The first-order valence-corrected chi connectivity index (χ1v) is 8.12. The number of esters is 1. The number of aromatic hydroxyl groups is 1. The molecule has 7 nitrogen and oxygen atoms in total. The molecule has 0 bridgehead atoms. The summed E-state index contributed by atoms with van der Waals surface area (Å²) in [4.78, 5) is 23.0. The van der Waals surface area contributed by atoms with Gasteiger partial charge in [-0.25, -0.2) is 4.79 Å². The van der Waals surface area contributed by atoms with Gasteiger partial charge in [-0.15, -0.1) is 5.10 Å². The number of carbonyl (C=O) groups excluding carboxylic acids is 2. The number of nitrogens with one attached hydrogen (secondary N) is 1. The van der Waals surface area contributed by atoms with Crippen LogP contribution in [0.2, 0.25) is 0 Å². The molecule has 1 aliphatic carbocycles. The Hall–Kier alpha value is -2.61. The SMILES string of the molecule is COC(=O)/C=C1/S/C(=N\N=Cc2cccc(C3CC3)c2O)NC1=O. The molecule has 0 atom stereocenters. The molecule has 124 valence electrons. The maximum absolute atomic E-state index is 11.7. The topological polar surface area (TPSA) is 100 Å². The maximum atomic E-state index is 11.7.